The molecule has 2 aromatic heterocycles. The highest BCUT2D eigenvalue weighted by Gasteiger charge is 2.32. The molecule has 0 spiro atoms. The molecule has 0 bridgehead atoms. The lowest BCUT2D eigenvalue weighted by Gasteiger charge is -2.23. The van der Waals surface area contributed by atoms with Gasteiger partial charge < -0.3 is 14.7 Å². The number of nitrogens with one attached hydrogen (secondary N) is 1. The molecule has 6 nitrogen and oxygen atoms in total. The molecule has 0 saturated carbocycles. The molecule has 1 fully saturated rings. The summed E-state index contributed by atoms with van der Waals surface area (Å²) in [4.78, 5) is 19.3. The van der Waals surface area contributed by atoms with E-state index in [0.29, 0.717) is 6.54 Å². The van der Waals surface area contributed by atoms with Gasteiger partial charge in [-0.1, -0.05) is 17.3 Å². The van der Waals surface area contributed by atoms with Crippen LogP contribution in [0, 0.1) is 13.8 Å². The minimum absolute atomic E-state index is 0.0539. The second-order valence-corrected chi connectivity index (χ2v) is 7.39. The largest absolute Gasteiger partial charge is 0.361 e. The molecule has 1 saturated heterocycles. The van der Waals surface area contributed by atoms with Crippen molar-refractivity contribution in [2.45, 2.75) is 39.3 Å². The first-order valence-corrected chi connectivity index (χ1v) is 9.27. The normalized spacial score (nSPS) is 17.4. The molecule has 3 aromatic rings. The van der Waals surface area contributed by atoms with Gasteiger partial charge in [0.2, 0.25) is 0 Å². The maximum Gasteiger partial charge on any atom is 0.318 e. The van der Waals surface area contributed by atoms with Crippen molar-refractivity contribution in [2.75, 3.05) is 6.54 Å². The molecular weight excluding hydrogens is 336 g/mol. The van der Waals surface area contributed by atoms with E-state index >= 15 is 0 Å². The van der Waals surface area contributed by atoms with Gasteiger partial charge in [-0.3, -0.25) is 0 Å². The van der Waals surface area contributed by atoms with E-state index in [-0.39, 0.29) is 12.1 Å². The SMILES string of the molecule is Cc1noc(C)c1CNC(=O)N1CCC[C@@H]1c1nc2ccccc2s1. The Hall–Kier alpha value is -2.41. The van der Waals surface area contributed by atoms with Gasteiger partial charge in [-0.05, 0) is 38.8 Å². The van der Waals surface area contributed by atoms with Gasteiger partial charge in [0.25, 0.3) is 0 Å². The zero-order chi connectivity index (χ0) is 17.4. The van der Waals surface area contributed by atoms with E-state index in [4.69, 9.17) is 9.51 Å². The Morgan fingerprint density at radius 3 is 3.00 bits per heavy atom. The van der Waals surface area contributed by atoms with Crippen molar-refractivity contribution in [1.29, 1.82) is 0 Å². The van der Waals surface area contributed by atoms with Gasteiger partial charge >= 0.3 is 6.03 Å². The third kappa shape index (κ3) is 3.00. The van der Waals surface area contributed by atoms with Crippen LogP contribution in [0.2, 0.25) is 0 Å². The van der Waals surface area contributed by atoms with Crippen molar-refractivity contribution in [2.24, 2.45) is 0 Å². The molecule has 0 radical (unpaired) electrons. The molecule has 4 rings (SSSR count). The number of aryl methyl sites for hydroxylation is 2. The molecule has 1 N–H and O–H groups in total. The van der Waals surface area contributed by atoms with Crippen molar-refractivity contribution >= 4 is 27.6 Å². The van der Waals surface area contributed by atoms with E-state index in [1.807, 2.05) is 36.9 Å². The summed E-state index contributed by atoms with van der Waals surface area (Å²) >= 11 is 1.68. The molecular formula is C18H20N4O2S. The van der Waals surface area contributed by atoms with Gasteiger partial charge in [-0.25, -0.2) is 9.78 Å². The number of rotatable bonds is 3. The topological polar surface area (TPSA) is 71.3 Å². The second-order valence-electron chi connectivity index (χ2n) is 6.33. The first-order chi connectivity index (χ1) is 12.1. The summed E-state index contributed by atoms with van der Waals surface area (Å²) in [5.41, 5.74) is 2.77. The summed E-state index contributed by atoms with van der Waals surface area (Å²) in [5.74, 6) is 0.752. The van der Waals surface area contributed by atoms with Crippen LogP contribution in [0.25, 0.3) is 10.2 Å². The standard InChI is InChI=1S/C18H20N4O2S/c1-11-13(12(2)24-21-11)10-19-18(23)22-9-5-7-15(22)17-20-14-6-3-4-8-16(14)25-17/h3-4,6,8,15H,5,7,9-10H2,1-2H3,(H,19,23)/t15-/m1/s1. The smallest absolute Gasteiger partial charge is 0.318 e. The van der Waals surface area contributed by atoms with E-state index in [1.165, 1.54) is 4.70 Å². The summed E-state index contributed by atoms with van der Waals surface area (Å²) in [7, 11) is 0. The molecule has 1 aliphatic rings. The van der Waals surface area contributed by atoms with Crippen LogP contribution in [0.5, 0.6) is 0 Å². The van der Waals surface area contributed by atoms with Gasteiger partial charge in [-0.15, -0.1) is 11.3 Å². The van der Waals surface area contributed by atoms with Crippen molar-refractivity contribution < 1.29 is 9.32 Å². The fraction of sp³-hybridized carbons (Fsp3) is 0.389. The Bertz CT molecular complexity index is 864. The number of benzene rings is 1. The number of hydrogen-bond acceptors (Lipinski definition) is 5. The van der Waals surface area contributed by atoms with E-state index in [1.54, 1.807) is 11.3 Å². The molecule has 0 aliphatic carbocycles. The molecule has 130 valence electrons. The number of urea groups is 1. The Balaban J connectivity index is 1.49. The number of likely N-dealkylation sites (tertiary alicyclic amines) is 1. The predicted octanol–water partition coefficient (Wildman–Crippen LogP) is 3.95. The Labute approximate surface area is 149 Å². The van der Waals surface area contributed by atoms with Gasteiger partial charge in [0.1, 0.15) is 10.8 Å². The monoisotopic (exact) mass is 356 g/mol. The van der Waals surface area contributed by atoms with Crippen molar-refractivity contribution in [3.63, 3.8) is 0 Å². The van der Waals surface area contributed by atoms with Gasteiger partial charge in [0.05, 0.1) is 22.0 Å². The number of hydrogen-bond donors (Lipinski definition) is 1. The molecule has 1 aromatic carbocycles. The fourth-order valence-corrected chi connectivity index (χ4v) is 4.43. The van der Waals surface area contributed by atoms with Crippen molar-refractivity contribution in [3.8, 4) is 0 Å². The highest BCUT2D eigenvalue weighted by Crippen LogP contribution is 2.36. The maximum atomic E-state index is 12.7. The lowest BCUT2D eigenvalue weighted by atomic mass is 10.2. The lowest BCUT2D eigenvalue weighted by Crippen LogP contribution is -2.39. The van der Waals surface area contributed by atoms with Gasteiger partial charge in [0.15, 0.2) is 0 Å². The molecule has 7 heteroatoms. The van der Waals surface area contributed by atoms with Crippen LogP contribution in [-0.2, 0) is 6.54 Å². The molecule has 25 heavy (non-hydrogen) atoms. The lowest BCUT2D eigenvalue weighted by molar-refractivity contribution is 0.192. The first-order valence-electron chi connectivity index (χ1n) is 8.45. The van der Waals surface area contributed by atoms with Crippen LogP contribution in [0.4, 0.5) is 4.79 Å². The number of carbonyl (C=O) groups is 1. The van der Waals surface area contributed by atoms with Gasteiger partial charge in [-0.2, -0.15) is 0 Å². The average molecular weight is 356 g/mol. The van der Waals surface area contributed by atoms with E-state index in [0.717, 1.165) is 46.9 Å². The number of aromatic nitrogens is 2. The maximum absolute atomic E-state index is 12.7. The first kappa shape index (κ1) is 16.1. The van der Waals surface area contributed by atoms with E-state index in [2.05, 4.69) is 16.5 Å². The van der Waals surface area contributed by atoms with Crippen LogP contribution in [-0.4, -0.2) is 27.6 Å². The van der Waals surface area contributed by atoms with Crippen LogP contribution in [0.1, 0.15) is 40.9 Å². The summed E-state index contributed by atoms with van der Waals surface area (Å²) in [6.07, 6.45) is 1.96. The van der Waals surface area contributed by atoms with Crippen LogP contribution >= 0.6 is 11.3 Å². The summed E-state index contributed by atoms with van der Waals surface area (Å²) < 4.78 is 6.32. The Morgan fingerprint density at radius 2 is 2.24 bits per heavy atom. The molecule has 1 atom stereocenters. The third-order valence-electron chi connectivity index (χ3n) is 4.71. The van der Waals surface area contributed by atoms with Crippen LogP contribution in [0.15, 0.2) is 28.8 Å². The number of para-hydroxylation sites is 1. The number of amides is 2. The minimum Gasteiger partial charge on any atom is -0.361 e. The zero-order valence-corrected chi connectivity index (χ0v) is 15.1. The summed E-state index contributed by atoms with van der Waals surface area (Å²) in [5, 5.41) is 7.96. The molecule has 2 amide bonds. The Morgan fingerprint density at radius 1 is 1.40 bits per heavy atom. The summed E-state index contributed by atoms with van der Waals surface area (Å²) in [6.45, 7) is 4.94. The number of nitrogens with zero attached hydrogens (tertiary/aromatic N) is 3. The third-order valence-corrected chi connectivity index (χ3v) is 5.84. The fourth-order valence-electron chi connectivity index (χ4n) is 3.32. The molecule has 0 unspecified atom stereocenters. The Kier molecular flexibility index (Phi) is 4.17. The highest BCUT2D eigenvalue weighted by atomic mass is 32.1. The van der Waals surface area contributed by atoms with Crippen LogP contribution < -0.4 is 5.32 Å². The minimum atomic E-state index is -0.0539. The summed E-state index contributed by atoms with van der Waals surface area (Å²) in [6, 6.07) is 8.12. The zero-order valence-electron chi connectivity index (χ0n) is 14.3. The number of carbonyl (C=O) groups excluding carboxylic acids is 1. The number of fused-ring (bicyclic) bond motifs is 1. The van der Waals surface area contributed by atoms with Crippen LogP contribution in [0.3, 0.4) is 0 Å². The van der Waals surface area contributed by atoms with Crippen molar-refractivity contribution in [1.82, 2.24) is 20.4 Å². The second kappa shape index (κ2) is 6.48. The van der Waals surface area contributed by atoms with E-state index < -0.39 is 0 Å². The quantitative estimate of drug-likeness (QED) is 0.771. The number of thiazole rings is 1. The molecule has 3 heterocycles. The van der Waals surface area contributed by atoms with Gasteiger partial charge in [0, 0.05) is 18.7 Å². The highest BCUT2D eigenvalue weighted by molar-refractivity contribution is 7.18. The predicted molar refractivity (Wildman–Crippen MR) is 96.5 cm³/mol. The molecule has 1 aliphatic heterocycles. The van der Waals surface area contributed by atoms with Crippen molar-refractivity contribution in [3.05, 3.63) is 46.3 Å². The average Bonchev–Trinajstić information content (AvgIpc) is 3.31. The van der Waals surface area contributed by atoms with E-state index in [9.17, 15) is 4.79 Å².